The van der Waals surface area contributed by atoms with Crippen LogP contribution < -0.4 is 20.7 Å². The third kappa shape index (κ3) is 4.05. The SMILES string of the molecule is COc1cncc2nc(-c3ccnc(Nc4cnccn4)c3)nc(NC3CCNC3)c12. The summed E-state index contributed by atoms with van der Waals surface area (Å²) < 4.78 is 5.53. The molecule has 0 saturated carbocycles. The van der Waals surface area contributed by atoms with Crippen LogP contribution in [0.4, 0.5) is 17.5 Å². The molecule has 0 amide bonds. The van der Waals surface area contributed by atoms with E-state index in [2.05, 4.69) is 35.9 Å². The summed E-state index contributed by atoms with van der Waals surface area (Å²) in [6, 6.07) is 4.04. The van der Waals surface area contributed by atoms with Gasteiger partial charge >= 0.3 is 0 Å². The second-order valence-corrected chi connectivity index (χ2v) is 7.11. The Kier molecular flexibility index (Phi) is 5.19. The number of methoxy groups -OCH3 is 1. The minimum absolute atomic E-state index is 0.287. The quantitative estimate of drug-likeness (QED) is 0.432. The van der Waals surface area contributed by atoms with Gasteiger partial charge in [0.2, 0.25) is 0 Å². The van der Waals surface area contributed by atoms with Crippen LogP contribution in [0, 0.1) is 0 Å². The van der Waals surface area contributed by atoms with Crippen molar-refractivity contribution < 1.29 is 4.74 Å². The number of hydrogen-bond acceptors (Lipinski definition) is 10. The maximum atomic E-state index is 5.53. The number of rotatable bonds is 6. The van der Waals surface area contributed by atoms with Crippen molar-refractivity contribution in [3.05, 3.63) is 49.3 Å². The fraction of sp³-hybridized carbons (Fsp3) is 0.238. The molecule has 1 unspecified atom stereocenters. The normalized spacial score (nSPS) is 15.7. The number of aromatic nitrogens is 6. The summed E-state index contributed by atoms with van der Waals surface area (Å²) >= 11 is 0. The second kappa shape index (κ2) is 8.44. The molecule has 10 heteroatoms. The van der Waals surface area contributed by atoms with Crippen LogP contribution in [-0.4, -0.2) is 56.1 Å². The van der Waals surface area contributed by atoms with Crippen LogP contribution in [0.2, 0.25) is 0 Å². The molecule has 4 aromatic heterocycles. The number of anilines is 3. The lowest BCUT2D eigenvalue weighted by Crippen LogP contribution is -2.23. The average molecular weight is 415 g/mol. The minimum atomic E-state index is 0.287. The average Bonchev–Trinajstić information content (AvgIpc) is 3.32. The molecule has 0 aromatic carbocycles. The largest absolute Gasteiger partial charge is 0.494 e. The van der Waals surface area contributed by atoms with Gasteiger partial charge in [0.15, 0.2) is 5.82 Å². The Morgan fingerprint density at radius 3 is 2.77 bits per heavy atom. The van der Waals surface area contributed by atoms with Crippen LogP contribution in [0.1, 0.15) is 6.42 Å². The molecule has 1 fully saturated rings. The van der Waals surface area contributed by atoms with Gasteiger partial charge in [-0.1, -0.05) is 0 Å². The van der Waals surface area contributed by atoms with Crippen LogP contribution in [0.15, 0.2) is 49.3 Å². The van der Waals surface area contributed by atoms with E-state index in [1.54, 1.807) is 44.3 Å². The van der Waals surface area contributed by atoms with E-state index in [0.717, 1.165) is 36.3 Å². The third-order valence-electron chi connectivity index (χ3n) is 5.03. The first-order valence-corrected chi connectivity index (χ1v) is 9.96. The van der Waals surface area contributed by atoms with E-state index in [4.69, 9.17) is 14.7 Å². The molecular weight excluding hydrogens is 394 g/mol. The Hall–Kier alpha value is -3.92. The summed E-state index contributed by atoms with van der Waals surface area (Å²) in [5, 5.41) is 10.9. The van der Waals surface area contributed by atoms with Gasteiger partial charge in [-0.25, -0.2) is 19.9 Å². The zero-order chi connectivity index (χ0) is 21.0. The molecule has 10 nitrogen and oxygen atoms in total. The van der Waals surface area contributed by atoms with Crippen molar-refractivity contribution in [1.82, 2.24) is 35.2 Å². The van der Waals surface area contributed by atoms with E-state index in [0.29, 0.717) is 28.7 Å². The maximum absolute atomic E-state index is 5.53. The van der Waals surface area contributed by atoms with Crippen molar-refractivity contribution in [2.75, 3.05) is 30.8 Å². The highest BCUT2D eigenvalue weighted by molar-refractivity contribution is 5.95. The standard InChI is InChI=1S/C21H21N9O/c1-31-16-11-24-10-15-19(16)21(27-14-3-4-22-9-14)30-20(28-15)13-2-5-25-17(8-13)29-18-12-23-6-7-26-18/h2,5-8,10-12,14,22H,3-4,9H2,1H3,(H,25,26,29)(H,27,28,30). The molecule has 4 aromatic rings. The summed E-state index contributed by atoms with van der Waals surface area (Å²) in [5.41, 5.74) is 1.52. The first-order valence-electron chi connectivity index (χ1n) is 9.96. The summed E-state index contributed by atoms with van der Waals surface area (Å²) in [4.78, 5) is 26.5. The number of hydrogen-bond donors (Lipinski definition) is 3. The van der Waals surface area contributed by atoms with Crippen LogP contribution in [0.5, 0.6) is 5.75 Å². The smallest absolute Gasteiger partial charge is 0.162 e. The van der Waals surface area contributed by atoms with Gasteiger partial charge in [-0.05, 0) is 25.1 Å². The van der Waals surface area contributed by atoms with Crippen molar-refractivity contribution in [2.24, 2.45) is 0 Å². The lowest BCUT2D eigenvalue weighted by Gasteiger charge is -2.16. The van der Waals surface area contributed by atoms with Gasteiger partial charge in [-0.2, -0.15) is 0 Å². The molecule has 5 heterocycles. The third-order valence-corrected chi connectivity index (χ3v) is 5.03. The molecule has 1 saturated heterocycles. The molecule has 1 aliphatic rings. The van der Waals surface area contributed by atoms with Crippen molar-refractivity contribution >= 4 is 28.4 Å². The molecule has 0 spiro atoms. The maximum Gasteiger partial charge on any atom is 0.162 e. The van der Waals surface area contributed by atoms with Gasteiger partial charge in [0.05, 0.1) is 36.6 Å². The zero-order valence-electron chi connectivity index (χ0n) is 16.9. The van der Waals surface area contributed by atoms with Crippen LogP contribution in [0.3, 0.4) is 0 Å². The summed E-state index contributed by atoms with van der Waals surface area (Å²) in [7, 11) is 1.62. The highest BCUT2D eigenvalue weighted by atomic mass is 16.5. The Balaban J connectivity index is 1.56. The number of pyridine rings is 2. The predicted octanol–water partition coefficient (Wildman–Crippen LogP) is 2.40. The van der Waals surface area contributed by atoms with Crippen molar-refractivity contribution in [2.45, 2.75) is 12.5 Å². The zero-order valence-corrected chi connectivity index (χ0v) is 16.9. The van der Waals surface area contributed by atoms with E-state index >= 15 is 0 Å². The van der Waals surface area contributed by atoms with E-state index < -0.39 is 0 Å². The van der Waals surface area contributed by atoms with E-state index in [1.807, 2.05) is 12.1 Å². The number of ether oxygens (including phenoxy) is 1. The molecule has 1 atom stereocenters. The first-order chi connectivity index (χ1) is 15.3. The van der Waals surface area contributed by atoms with Gasteiger partial charge in [-0.3, -0.25) is 9.97 Å². The van der Waals surface area contributed by atoms with Gasteiger partial charge in [0, 0.05) is 36.7 Å². The van der Waals surface area contributed by atoms with Gasteiger partial charge < -0.3 is 20.7 Å². The Bertz CT molecular complexity index is 1200. The predicted molar refractivity (Wildman–Crippen MR) is 117 cm³/mol. The highest BCUT2D eigenvalue weighted by Gasteiger charge is 2.20. The van der Waals surface area contributed by atoms with Crippen LogP contribution >= 0.6 is 0 Å². The molecule has 3 N–H and O–H groups in total. The topological polar surface area (TPSA) is 123 Å². The Morgan fingerprint density at radius 2 is 1.97 bits per heavy atom. The monoisotopic (exact) mass is 415 g/mol. The minimum Gasteiger partial charge on any atom is -0.494 e. The molecule has 156 valence electrons. The van der Waals surface area contributed by atoms with E-state index in [-0.39, 0.29) is 6.04 Å². The lowest BCUT2D eigenvalue weighted by molar-refractivity contribution is 0.418. The molecule has 0 aliphatic carbocycles. The number of fused-ring (bicyclic) bond motifs is 1. The first kappa shape index (κ1) is 19.1. The molecular formula is C21H21N9O. The van der Waals surface area contributed by atoms with E-state index in [9.17, 15) is 0 Å². The summed E-state index contributed by atoms with van der Waals surface area (Å²) in [6.45, 7) is 1.86. The Labute approximate surface area is 178 Å². The highest BCUT2D eigenvalue weighted by Crippen LogP contribution is 2.32. The van der Waals surface area contributed by atoms with Gasteiger partial charge in [-0.15, -0.1) is 0 Å². The summed E-state index contributed by atoms with van der Waals surface area (Å²) in [5.74, 6) is 3.17. The summed E-state index contributed by atoms with van der Waals surface area (Å²) in [6.07, 6.45) is 11.0. The molecule has 31 heavy (non-hydrogen) atoms. The molecule has 5 rings (SSSR count). The molecule has 0 radical (unpaired) electrons. The fourth-order valence-electron chi connectivity index (χ4n) is 3.55. The van der Waals surface area contributed by atoms with Crippen molar-refractivity contribution in [3.63, 3.8) is 0 Å². The van der Waals surface area contributed by atoms with Gasteiger partial charge in [0.25, 0.3) is 0 Å². The molecule has 0 bridgehead atoms. The van der Waals surface area contributed by atoms with Crippen LogP contribution in [-0.2, 0) is 0 Å². The number of nitrogens with zero attached hydrogens (tertiary/aromatic N) is 6. The van der Waals surface area contributed by atoms with Crippen molar-refractivity contribution in [3.8, 4) is 17.1 Å². The van der Waals surface area contributed by atoms with Gasteiger partial charge in [0.1, 0.15) is 23.2 Å². The van der Waals surface area contributed by atoms with Crippen molar-refractivity contribution in [1.29, 1.82) is 0 Å². The second-order valence-electron chi connectivity index (χ2n) is 7.11. The van der Waals surface area contributed by atoms with Crippen LogP contribution in [0.25, 0.3) is 22.3 Å². The molecule has 1 aliphatic heterocycles. The Morgan fingerprint density at radius 1 is 1.03 bits per heavy atom. The van der Waals surface area contributed by atoms with E-state index in [1.165, 1.54) is 0 Å². The lowest BCUT2D eigenvalue weighted by atomic mass is 10.2. The number of nitrogens with one attached hydrogen (secondary N) is 3. The fourth-order valence-corrected chi connectivity index (χ4v) is 3.55.